The second-order valence-electron chi connectivity index (χ2n) is 9.03. The average molecular weight is 455 g/mol. The molecule has 2 aromatic rings. The Hall–Kier alpha value is -2.52. The van der Waals surface area contributed by atoms with Crippen LogP contribution in [0.15, 0.2) is 12.7 Å². The van der Waals surface area contributed by atoms with Crippen LogP contribution in [-0.4, -0.2) is 50.4 Å². The van der Waals surface area contributed by atoms with Crippen LogP contribution in [-0.2, 0) is 34.9 Å². The SMILES string of the molecule is CC(C)(C)C(=O)OC(OC(=O)C(C)(C)C)[PH](=O)COCCn1cnc2c(N)ncnc21. The van der Waals surface area contributed by atoms with E-state index in [0.717, 1.165) is 0 Å². The van der Waals surface area contributed by atoms with Gasteiger partial charge in [-0.25, -0.2) is 15.0 Å². The van der Waals surface area contributed by atoms with E-state index in [1.165, 1.54) is 6.33 Å². The summed E-state index contributed by atoms with van der Waals surface area (Å²) in [5, 5.41) is 0. The highest BCUT2D eigenvalue weighted by Gasteiger charge is 2.34. The van der Waals surface area contributed by atoms with Gasteiger partial charge in [-0.3, -0.25) is 9.59 Å². The van der Waals surface area contributed by atoms with Gasteiger partial charge in [0.15, 0.2) is 19.3 Å². The number of fused-ring (bicyclic) bond motifs is 1. The molecule has 2 heterocycles. The normalized spacial score (nSPS) is 13.4. The number of hydrogen-bond acceptors (Lipinski definition) is 10. The molecule has 11 nitrogen and oxygen atoms in total. The Kier molecular flexibility index (Phi) is 7.77. The Balaban J connectivity index is 1.97. The minimum absolute atomic E-state index is 0.179. The second-order valence-corrected chi connectivity index (χ2v) is 10.7. The zero-order chi connectivity index (χ0) is 23.4. The van der Waals surface area contributed by atoms with Crippen molar-refractivity contribution in [2.24, 2.45) is 10.8 Å². The van der Waals surface area contributed by atoms with E-state index in [-0.39, 0.29) is 18.8 Å². The molecule has 0 aliphatic carbocycles. The first-order valence-corrected chi connectivity index (χ1v) is 11.4. The molecule has 0 aliphatic heterocycles. The van der Waals surface area contributed by atoms with Gasteiger partial charge in [-0.05, 0) is 41.5 Å². The summed E-state index contributed by atoms with van der Waals surface area (Å²) < 4.78 is 30.4. The van der Waals surface area contributed by atoms with E-state index in [1.807, 2.05) is 0 Å². The number of carbonyl (C=O) groups excluding carboxylic acids is 2. The number of nitrogen functional groups attached to an aromatic ring is 1. The van der Waals surface area contributed by atoms with Gasteiger partial charge in [-0.1, -0.05) is 0 Å². The highest BCUT2D eigenvalue weighted by molar-refractivity contribution is 7.44. The molecule has 1 atom stereocenters. The maximum absolute atomic E-state index is 12.7. The number of nitrogens with two attached hydrogens (primary N) is 1. The van der Waals surface area contributed by atoms with Crippen LogP contribution in [0.4, 0.5) is 5.82 Å². The third-order valence-corrected chi connectivity index (χ3v) is 5.32. The lowest BCUT2D eigenvalue weighted by atomic mass is 9.97. The molecule has 2 rings (SSSR count). The zero-order valence-corrected chi connectivity index (χ0v) is 19.7. The minimum Gasteiger partial charge on any atom is -0.418 e. The van der Waals surface area contributed by atoms with Crippen molar-refractivity contribution in [3.05, 3.63) is 12.7 Å². The molecular formula is C19H30N5O6P. The summed E-state index contributed by atoms with van der Waals surface area (Å²) in [6, 6.07) is -1.50. The lowest BCUT2D eigenvalue weighted by molar-refractivity contribution is -0.185. The maximum atomic E-state index is 12.7. The molecule has 0 aliphatic rings. The lowest BCUT2D eigenvalue weighted by Crippen LogP contribution is -2.33. The van der Waals surface area contributed by atoms with Crippen LogP contribution >= 0.6 is 7.80 Å². The lowest BCUT2D eigenvalue weighted by Gasteiger charge is -2.25. The average Bonchev–Trinajstić information content (AvgIpc) is 3.07. The van der Waals surface area contributed by atoms with Gasteiger partial charge in [0.1, 0.15) is 18.2 Å². The molecule has 1 unspecified atom stereocenters. The summed E-state index contributed by atoms with van der Waals surface area (Å²) in [5.41, 5.74) is 5.11. The number of carbonyl (C=O) groups is 2. The fraction of sp³-hybridized carbons (Fsp3) is 0.632. The first-order valence-electron chi connectivity index (χ1n) is 9.74. The maximum Gasteiger partial charge on any atom is 0.314 e. The van der Waals surface area contributed by atoms with Crippen molar-refractivity contribution < 1.29 is 28.4 Å². The Morgan fingerprint density at radius 2 is 1.65 bits per heavy atom. The van der Waals surface area contributed by atoms with Crippen molar-refractivity contribution in [2.45, 2.75) is 54.1 Å². The molecular weight excluding hydrogens is 425 g/mol. The van der Waals surface area contributed by atoms with Crippen molar-refractivity contribution in [1.82, 2.24) is 19.5 Å². The zero-order valence-electron chi connectivity index (χ0n) is 18.7. The van der Waals surface area contributed by atoms with Crippen LogP contribution in [0.1, 0.15) is 41.5 Å². The van der Waals surface area contributed by atoms with Gasteiger partial charge in [0.2, 0.25) is 0 Å². The molecule has 2 aromatic heterocycles. The predicted molar refractivity (Wildman–Crippen MR) is 114 cm³/mol. The highest BCUT2D eigenvalue weighted by Crippen LogP contribution is 2.34. The van der Waals surface area contributed by atoms with Gasteiger partial charge in [0.05, 0.1) is 23.8 Å². The number of ether oxygens (including phenoxy) is 3. The van der Waals surface area contributed by atoms with Gasteiger partial charge in [-0.15, -0.1) is 0 Å². The van der Waals surface area contributed by atoms with Crippen LogP contribution in [0, 0.1) is 10.8 Å². The fourth-order valence-corrected chi connectivity index (χ4v) is 3.13. The Labute approximate surface area is 181 Å². The van der Waals surface area contributed by atoms with E-state index in [1.54, 1.807) is 52.4 Å². The van der Waals surface area contributed by atoms with Crippen molar-refractivity contribution in [2.75, 3.05) is 18.7 Å². The fourth-order valence-electron chi connectivity index (χ4n) is 2.17. The van der Waals surface area contributed by atoms with E-state index >= 15 is 0 Å². The summed E-state index contributed by atoms with van der Waals surface area (Å²) in [6.07, 6.45) is 2.67. The van der Waals surface area contributed by atoms with E-state index in [2.05, 4.69) is 15.0 Å². The molecule has 12 heteroatoms. The minimum atomic E-state index is -2.76. The molecule has 0 radical (unpaired) electrons. The van der Waals surface area contributed by atoms with Gasteiger partial charge < -0.3 is 29.1 Å². The first kappa shape index (κ1) is 24.7. The molecule has 31 heavy (non-hydrogen) atoms. The molecule has 172 valence electrons. The van der Waals surface area contributed by atoms with Gasteiger partial charge in [0.25, 0.3) is 6.03 Å². The van der Waals surface area contributed by atoms with Crippen LogP contribution < -0.4 is 5.73 Å². The summed E-state index contributed by atoms with van der Waals surface area (Å²) in [7, 11) is -2.76. The van der Waals surface area contributed by atoms with Crippen LogP contribution in [0.2, 0.25) is 0 Å². The number of rotatable bonds is 8. The third kappa shape index (κ3) is 6.73. The smallest absolute Gasteiger partial charge is 0.314 e. The van der Waals surface area contributed by atoms with E-state index in [4.69, 9.17) is 19.9 Å². The van der Waals surface area contributed by atoms with Crippen LogP contribution in [0.25, 0.3) is 11.2 Å². The van der Waals surface area contributed by atoms with Gasteiger partial charge >= 0.3 is 11.9 Å². The molecule has 0 fully saturated rings. The third-order valence-electron chi connectivity index (χ3n) is 4.07. The van der Waals surface area contributed by atoms with E-state index < -0.39 is 36.6 Å². The number of aromatic nitrogens is 4. The number of nitrogens with zero attached hydrogens (tertiary/aromatic N) is 4. The summed E-state index contributed by atoms with van der Waals surface area (Å²) in [4.78, 5) is 36.7. The Morgan fingerprint density at radius 3 is 2.19 bits per heavy atom. The number of imidazole rings is 1. The van der Waals surface area contributed by atoms with Crippen LogP contribution in [0.3, 0.4) is 0 Å². The summed E-state index contributed by atoms with van der Waals surface area (Å²) in [6.45, 7) is 10.5. The quantitative estimate of drug-likeness (QED) is 0.272. The summed E-state index contributed by atoms with van der Waals surface area (Å²) >= 11 is 0. The molecule has 0 spiro atoms. The Morgan fingerprint density at radius 1 is 1.06 bits per heavy atom. The van der Waals surface area contributed by atoms with Crippen molar-refractivity contribution >= 4 is 36.7 Å². The second kappa shape index (κ2) is 9.74. The molecule has 0 amide bonds. The molecule has 2 N–H and O–H groups in total. The van der Waals surface area contributed by atoms with Gasteiger partial charge in [0, 0.05) is 6.54 Å². The van der Waals surface area contributed by atoms with Crippen LogP contribution in [0.5, 0.6) is 0 Å². The van der Waals surface area contributed by atoms with Crippen molar-refractivity contribution in [3.8, 4) is 0 Å². The highest BCUT2D eigenvalue weighted by atomic mass is 31.1. The molecule has 0 aromatic carbocycles. The van der Waals surface area contributed by atoms with E-state index in [9.17, 15) is 14.2 Å². The number of hydrogen-bond donors (Lipinski definition) is 1. The topological polar surface area (TPSA) is 149 Å². The predicted octanol–water partition coefficient (Wildman–Crippen LogP) is 2.40. The number of anilines is 1. The van der Waals surface area contributed by atoms with Crippen molar-refractivity contribution in [1.29, 1.82) is 0 Å². The summed E-state index contributed by atoms with van der Waals surface area (Å²) in [5.74, 6) is -0.974. The molecule has 0 saturated carbocycles. The largest absolute Gasteiger partial charge is 0.418 e. The first-order chi connectivity index (χ1) is 14.3. The van der Waals surface area contributed by atoms with Crippen molar-refractivity contribution in [3.63, 3.8) is 0 Å². The standard InChI is InChI=1S/C19H30N5O6P/c1-18(2,3)15(25)29-17(30-16(26)19(4,5)6)31(27)11-28-8-7-24-10-23-12-13(20)21-9-22-14(12)24/h9-10,17,31H,7-8,11H2,1-6H3,(H2,20,21,22). The molecule has 0 bridgehead atoms. The van der Waals surface area contributed by atoms with Gasteiger partial charge in [-0.2, -0.15) is 0 Å². The van der Waals surface area contributed by atoms with E-state index in [0.29, 0.717) is 17.7 Å². The Bertz CT molecular complexity index is 935. The number of esters is 2. The molecule has 0 saturated heterocycles. The monoisotopic (exact) mass is 455 g/mol.